The molecule has 1 rings (SSSR count). The molecule has 0 spiro atoms. The zero-order chi connectivity index (χ0) is 9.68. The van der Waals surface area contributed by atoms with Crippen LogP contribution in [0, 0.1) is 0 Å². The SMILES string of the molecule is CCn1ncnc1CC(N)COC. The van der Waals surface area contributed by atoms with Gasteiger partial charge in [0.25, 0.3) is 0 Å². The molecule has 0 saturated carbocycles. The quantitative estimate of drug-likeness (QED) is 0.689. The van der Waals surface area contributed by atoms with Crippen LogP contribution < -0.4 is 5.73 Å². The van der Waals surface area contributed by atoms with Crippen LogP contribution in [-0.4, -0.2) is 34.5 Å². The van der Waals surface area contributed by atoms with Gasteiger partial charge in [0.1, 0.15) is 12.2 Å². The lowest BCUT2D eigenvalue weighted by molar-refractivity contribution is 0.179. The predicted octanol–water partition coefficient (Wildman–Crippen LogP) is -0.186. The fraction of sp³-hybridized carbons (Fsp3) is 0.750. The van der Waals surface area contributed by atoms with E-state index in [0.717, 1.165) is 12.4 Å². The molecule has 5 heteroatoms. The van der Waals surface area contributed by atoms with Crippen molar-refractivity contribution in [3.05, 3.63) is 12.2 Å². The third-order valence-corrected chi connectivity index (χ3v) is 1.82. The van der Waals surface area contributed by atoms with Crippen molar-refractivity contribution in [1.82, 2.24) is 14.8 Å². The molecule has 0 aliphatic rings. The molecule has 1 atom stereocenters. The minimum absolute atomic E-state index is 0.000463. The number of hydrogen-bond acceptors (Lipinski definition) is 4. The Morgan fingerprint density at radius 3 is 3.08 bits per heavy atom. The first kappa shape index (κ1) is 10.1. The van der Waals surface area contributed by atoms with Crippen molar-refractivity contribution in [2.24, 2.45) is 5.73 Å². The molecule has 1 unspecified atom stereocenters. The monoisotopic (exact) mass is 184 g/mol. The van der Waals surface area contributed by atoms with Crippen molar-refractivity contribution >= 4 is 0 Å². The van der Waals surface area contributed by atoms with Crippen molar-refractivity contribution < 1.29 is 4.74 Å². The lowest BCUT2D eigenvalue weighted by Gasteiger charge is -2.09. The third kappa shape index (κ3) is 2.78. The summed E-state index contributed by atoms with van der Waals surface area (Å²) in [6.07, 6.45) is 2.26. The number of nitrogens with zero attached hydrogens (tertiary/aromatic N) is 3. The van der Waals surface area contributed by atoms with E-state index in [2.05, 4.69) is 10.1 Å². The van der Waals surface area contributed by atoms with E-state index < -0.39 is 0 Å². The van der Waals surface area contributed by atoms with Crippen molar-refractivity contribution in [3.8, 4) is 0 Å². The van der Waals surface area contributed by atoms with Crippen LogP contribution >= 0.6 is 0 Å². The van der Waals surface area contributed by atoms with E-state index in [-0.39, 0.29) is 6.04 Å². The van der Waals surface area contributed by atoms with Gasteiger partial charge in [-0.2, -0.15) is 5.10 Å². The van der Waals surface area contributed by atoms with Crippen LogP contribution in [0.2, 0.25) is 0 Å². The number of aryl methyl sites for hydroxylation is 1. The third-order valence-electron chi connectivity index (χ3n) is 1.82. The second-order valence-electron chi connectivity index (χ2n) is 2.91. The molecule has 74 valence electrons. The van der Waals surface area contributed by atoms with Crippen LogP contribution in [0.25, 0.3) is 0 Å². The molecule has 1 aromatic rings. The molecule has 0 radical (unpaired) electrons. The molecular formula is C8H16N4O. The van der Waals surface area contributed by atoms with Crippen molar-refractivity contribution in [3.63, 3.8) is 0 Å². The van der Waals surface area contributed by atoms with E-state index >= 15 is 0 Å². The molecule has 0 aliphatic heterocycles. The Balaban J connectivity index is 2.52. The van der Waals surface area contributed by atoms with Crippen LogP contribution in [0.15, 0.2) is 6.33 Å². The van der Waals surface area contributed by atoms with E-state index in [4.69, 9.17) is 10.5 Å². The van der Waals surface area contributed by atoms with Gasteiger partial charge in [0.2, 0.25) is 0 Å². The summed E-state index contributed by atoms with van der Waals surface area (Å²) in [5, 5.41) is 4.06. The molecule has 0 bridgehead atoms. The average molecular weight is 184 g/mol. The number of aromatic nitrogens is 3. The minimum Gasteiger partial charge on any atom is -0.383 e. The second kappa shape index (κ2) is 4.94. The maximum absolute atomic E-state index is 5.79. The van der Waals surface area contributed by atoms with E-state index in [0.29, 0.717) is 13.0 Å². The molecule has 0 aliphatic carbocycles. The van der Waals surface area contributed by atoms with Gasteiger partial charge in [0, 0.05) is 26.1 Å². The van der Waals surface area contributed by atoms with Gasteiger partial charge in [-0.05, 0) is 6.92 Å². The maximum Gasteiger partial charge on any atom is 0.138 e. The number of rotatable bonds is 5. The Morgan fingerprint density at radius 2 is 2.46 bits per heavy atom. The van der Waals surface area contributed by atoms with Crippen LogP contribution in [0.5, 0.6) is 0 Å². The van der Waals surface area contributed by atoms with E-state index in [1.54, 1.807) is 13.4 Å². The lowest BCUT2D eigenvalue weighted by atomic mass is 10.2. The highest BCUT2D eigenvalue weighted by Crippen LogP contribution is 1.98. The van der Waals surface area contributed by atoms with Gasteiger partial charge in [-0.15, -0.1) is 0 Å². The predicted molar refractivity (Wildman–Crippen MR) is 49.3 cm³/mol. The van der Waals surface area contributed by atoms with Crippen molar-refractivity contribution in [2.75, 3.05) is 13.7 Å². The molecule has 0 saturated heterocycles. The summed E-state index contributed by atoms with van der Waals surface area (Å²) < 4.78 is 6.79. The highest BCUT2D eigenvalue weighted by atomic mass is 16.5. The Labute approximate surface area is 77.9 Å². The zero-order valence-corrected chi connectivity index (χ0v) is 8.10. The van der Waals surface area contributed by atoms with Gasteiger partial charge in [-0.3, -0.25) is 4.68 Å². The summed E-state index contributed by atoms with van der Waals surface area (Å²) in [7, 11) is 1.64. The lowest BCUT2D eigenvalue weighted by Crippen LogP contribution is -2.29. The normalized spacial score (nSPS) is 13.2. The molecule has 0 aromatic carbocycles. The Hall–Kier alpha value is -0.940. The van der Waals surface area contributed by atoms with Crippen LogP contribution in [0.1, 0.15) is 12.7 Å². The summed E-state index contributed by atoms with van der Waals surface area (Å²) in [6.45, 7) is 3.41. The average Bonchev–Trinajstić information content (AvgIpc) is 2.52. The Bertz CT molecular complexity index is 248. The molecular weight excluding hydrogens is 168 g/mol. The van der Waals surface area contributed by atoms with Gasteiger partial charge >= 0.3 is 0 Å². The van der Waals surface area contributed by atoms with Crippen molar-refractivity contribution in [1.29, 1.82) is 0 Å². The first-order chi connectivity index (χ1) is 6.27. The summed E-state index contributed by atoms with van der Waals surface area (Å²) in [6, 6.07) is -0.000463. The van der Waals surface area contributed by atoms with E-state index in [1.165, 1.54) is 0 Å². The molecule has 2 N–H and O–H groups in total. The Morgan fingerprint density at radius 1 is 1.69 bits per heavy atom. The molecule has 1 heterocycles. The largest absolute Gasteiger partial charge is 0.383 e. The molecule has 13 heavy (non-hydrogen) atoms. The standard InChI is InChI=1S/C8H16N4O/c1-3-12-8(10-6-11-12)4-7(9)5-13-2/h6-7H,3-5,9H2,1-2H3. The number of nitrogens with two attached hydrogens (primary N) is 1. The van der Waals surface area contributed by atoms with Gasteiger partial charge in [0.15, 0.2) is 0 Å². The van der Waals surface area contributed by atoms with Crippen molar-refractivity contribution in [2.45, 2.75) is 25.9 Å². The van der Waals surface area contributed by atoms with Gasteiger partial charge in [-0.1, -0.05) is 0 Å². The smallest absolute Gasteiger partial charge is 0.138 e. The van der Waals surface area contributed by atoms with Gasteiger partial charge in [-0.25, -0.2) is 4.98 Å². The number of methoxy groups -OCH3 is 1. The van der Waals surface area contributed by atoms with Crippen LogP contribution in [-0.2, 0) is 17.7 Å². The number of hydrogen-bond donors (Lipinski definition) is 1. The van der Waals surface area contributed by atoms with Crippen LogP contribution in [0.4, 0.5) is 0 Å². The summed E-state index contributed by atoms with van der Waals surface area (Å²) in [5.41, 5.74) is 5.79. The molecule has 0 amide bonds. The Kier molecular flexibility index (Phi) is 3.85. The highest BCUT2D eigenvalue weighted by molar-refractivity contribution is 4.88. The first-order valence-corrected chi connectivity index (χ1v) is 4.39. The number of ether oxygens (including phenoxy) is 1. The van der Waals surface area contributed by atoms with E-state index in [9.17, 15) is 0 Å². The van der Waals surface area contributed by atoms with Gasteiger partial charge in [0.05, 0.1) is 6.61 Å². The summed E-state index contributed by atoms with van der Waals surface area (Å²) >= 11 is 0. The van der Waals surface area contributed by atoms with Gasteiger partial charge < -0.3 is 10.5 Å². The second-order valence-corrected chi connectivity index (χ2v) is 2.91. The first-order valence-electron chi connectivity index (χ1n) is 4.39. The zero-order valence-electron chi connectivity index (χ0n) is 8.10. The molecule has 5 nitrogen and oxygen atoms in total. The summed E-state index contributed by atoms with van der Waals surface area (Å²) in [4.78, 5) is 4.13. The fourth-order valence-electron chi connectivity index (χ4n) is 1.22. The molecule has 0 fully saturated rings. The van der Waals surface area contributed by atoms with Crippen LogP contribution in [0.3, 0.4) is 0 Å². The topological polar surface area (TPSA) is 66.0 Å². The minimum atomic E-state index is -0.000463. The highest BCUT2D eigenvalue weighted by Gasteiger charge is 2.08. The maximum atomic E-state index is 5.79. The fourth-order valence-corrected chi connectivity index (χ4v) is 1.22. The summed E-state index contributed by atoms with van der Waals surface area (Å²) in [5.74, 6) is 0.923. The van der Waals surface area contributed by atoms with E-state index in [1.807, 2.05) is 11.6 Å². The molecule has 1 aromatic heterocycles.